The normalized spacial score (nSPS) is 34.7. The molecule has 3 N–H and O–H groups in total. The maximum Gasteiger partial charge on any atom is 0.307 e. The van der Waals surface area contributed by atoms with Crippen molar-refractivity contribution in [2.75, 3.05) is 0 Å². The number of carbonyl (C=O) groups is 2. The Balaban J connectivity index is 2.00. The van der Waals surface area contributed by atoms with Crippen LogP contribution >= 0.6 is 0 Å². The Morgan fingerprint density at radius 1 is 1.39 bits per heavy atom. The number of hydrogen-bond donors (Lipinski definition) is 3. The van der Waals surface area contributed by atoms with Crippen LogP contribution in [0.25, 0.3) is 0 Å². The Morgan fingerprint density at radius 2 is 2.11 bits per heavy atom. The first-order valence-electron chi connectivity index (χ1n) is 6.25. The maximum absolute atomic E-state index is 11.2. The second-order valence-corrected chi connectivity index (χ2v) is 5.47. The van der Waals surface area contributed by atoms with E-state index in [1.165, 1.54) is 0 Å². The molecule has 0 heterocycles. The van der Waals surface area contributed by atoms with Gasteiger partial charge in [-0.05, 0) is 31.6 Å². The van der Waals surface area contributed by atoms with Gasteiger partial charge in [0.25, 0.3) is 0 Å². The van der Waals surface area contributed by atoms with E-state index in [0.717, 1.165) is 6.42 Å². The molecule has 0 aliphatic heterocycles. The highest BCUT2D eigenvalue weighted by Gasteiger charge is 2.52. The molecule has 5 heteroatoms. The summed E-state index contributed by atoms with van der Waals surface area (Å²) in [4.78, 5) is 21.7. The van der Waals surface area contributed by atoms with E-state index in [0.29, 0.717) is 18.8 Å². The van der Waals surface area contributed by atoms with Crippen molar-refractivity contribution < 1.29 is 24.9 Å². The molecule has 100 valence electrons. The van der Waals surface area contributed by atoms with Gasteiger partial charge in [0.2, 0.25) is 0 Å². The number of carboxylic acids is 2. The number of aliphatic hydroxyl groups excluding tert-OH is 1. The second-order valence-electron chi connectivity index (χ2n) is 5.47. The number of aliphatic hydroxyl groups is 1. The van der Waals surface area contributed by atoms with Crippen LogP contribution in [-0.2, 0) is 9.59 Å². The summed E-state index contributed by atoms with van der Waals surface area (Å²) >= 11 is 0. The highest BCUT2D eigenvalue weighted by molar-refractivity contribution is 5.72. The molecule has 0 aromatic carbocycles. The minimum absolute atomic E-state index is 0.0812. The molecular formula is C13H18O5. The summed E-state index contributed by atoms with van der Waals surface area (Å²) in [7, 11) is 0. The molecule has 0 spiro atoms. The Hall–Kier alpha value is -1.36. The minimum Gasteiger partial charge on any atom is -0.481 e. The van der Waals surface area contributed by atoms with Crippen molar-refractivity contribution in [1.29, 1.82) is 0 Å². The van der Waals surface area contributed by atoms with Crippen molar-refractivity contribution in [3.05, 3.63) is 12.2 Å². The summed E-state index contributed by atoms with van der Waals surface area (Å²) in [5.41, 5.74) is -0.464. The van der Waals surface area contributed by atoms with Crippen molar-refractivity contribution >= 4 is 11.9 Å². The Labute approximate surface area is 105 Å². The van der Waals surface area contributed by atoms with Gasteiger partial charge in [-0.25, -0.2) is 0 Å². The summed E-state index contributed by atoms with van der Waals surface area (Å²) in [6.45, 7) is 0. The topological polar surface area (TPSA) is 94.8 Å². The van der Waals surface area contributed by atoms with Crippen LogP contribution in [0.1, 0.15) is 32.1 Å². The molecule has 2 bridgehead atoms. The first-order chi connectivity index (χ1) is 8.43. The number of allylic oxidation sites excluding steroid dienone is 2. The van der Waals surface area contributed by atoms with Crippen molar-refractivity contribution in [3.63, 3.8) is 0 Å². The zero-order valence-electron chi connectivity index (χ0n) is 10.1. The molecule has 0 aromatic rings. The van der Waals surface area contributed by atoms with E-state index >= 15 is 0 Å². The van der Waals surface area contributed by atoms with Gasteiger partial charge in [-0.2, -0.15) is 0 Å². The summed E-state index contributed by atoms with van der Waals surface area (Å²) in [6, 6.07) is 0. The predicted molar refractivity (Wildman–Crippen MR) is 62.9 cm³/mol. The summed E-state index contributed by atoms with van der Waals surface area (Å²) in [6.07, 6.45) is 5.07. The van der Waals surface area contributed by atoms with Crippen LogP contribution in [-0.4, -0.2) is 33.4 Å². The van der Waals surface area contributed by atoms with E-state index in [2.05, 4.69) is 0 Å². The van der Waals surface area contributed by atoms with Crippen molar-refractivity contribution in [2.24, 2.45) is 17.3 Å². The first-order valence-corrected chi connectivity index (χ1v) is 6.25. The minimum atomic E-state index is -0.937. The van der Waals surface area contributed by atoms with Crippen LogP contribution in [0.5, 0.6) is 0 Å². The van der Waals surface area contributed by atoms with E-state index in [-0.39, 0.29) is 12.8 Å². The number of hydrogen-bond acceptors (Lipinski definition) is 3. The zero-order valence-corrected chi connectivity index (χ0v) is 10.1. The largest absolute Gasteiger partial charge is 0.481 e. The van der Waals surface area contributed by atoms with Crippen LogP contribution < -0.4 is 0 Å². The molecule has 0 aromatic heterocycles. The van der Waals surface area contributed by atoms with Crippen LogP contribution in [0, 0.1) is 17.3 Å². The molecule has 1 fully saturated rings. The smallest absolute Gasteiger partial charge is 0.307 e. The molecule has 0 radical (unpaired) electrons. The average Bonchev–Trinajstić information content (AvgIpc) is 2.83. The standard InChI is InChI=1S/C13H18O5/c14-9(1-2-11(15)16)7-13-4-3-8(6-13)5-10(13)12(17)18/h3-4,8-10,14H,1-2,5-7H2,(H,15,16)(H,17,18). The summed E-state index contributed by atoms with van der Waals surface area (Å²) in [5, 5.41) is 27.7. The molecule has 18 heavy (non-hydrogen) atoms. The second kappa shape index (κ2) is 4.72. The third kappa shape index (κ3) is 2.41. The van der Waals surface area contributed by atoms with Crippen LogP contribution in [0.2, 0.25) is 0 Å². The van der Waals surface area contributed by atoms with E-state index in [1.54, 1.807) is 0 Å². The fourth-order valence-electron chi connectivity index (χ4n) is 3.38. The van der Waals surface area contributed by atoms with Gasteiger partial charge in [0, 0.05) is 11.8 Å². The lowest BCUT2D eigenvalue weighted by Crippen LogP contribution is -2.33. The Kier molecular flexibility index (Phi) is 3.43. The van der Waals surface area contributed by atoms with E-state index < -0.39 is 29.4 Å². The van der Waals surface area contributed by atoms with Crippen LogP contribution in [0.15, 0.2) is 12.2 Å². The molecule has 0 amide bonds. The van der Waals surface area contributed by atoms with Gasteiger partial charge in [0.1, 0.15) is 0 Å². The zero-order chi connectivity index (χ0) is 13.3. The molecule has 2 rings (SSSR count). The van der Waals surface area contributed by atoms with E-state index in [4.69, 9.17) is 5.11 Å². The van der Waals surface area contributed by atoms with Gasteiger partial charge in [-0.1, -0.05) is 12.2 Å². The fraction of sp³-hybridized carbons (Fsp3) is 0.692. The number of aliphatic carboxylic acids is 2. The average molecular weight is 254 g/mol. The summed E-state index contributed by atoms with van der Waals surface area (Å²) in [5.74, 6) is -1.88. The van der Waals surface area contributed by atoms with Gasteiger partial charge in [0.05, 0.1) is 12.0 Å². The monoisotopic (exact) mass is 254 g/mol. The van der Waals surface area contributed by atoms with Crippen molar-refractivity contribution in [2.45, 2.75) is 38.2 Å². The molecule has 4 atom stereocenters. The summed E-state index contributed by atoms with van der Waals surface area (Å²) < 4.78 is 0. The van der Waals surface area contributed by atoms with Gasteiger partial charge in [-0.15, -0.1) is 0 Å². The van der Waals surface area contributed by atoms with Crippen LogP contribution in [0.3, 0.4) is 0 Å². The quantitative estimate of drug-likeness (QED) is 0.620. The number of rotatable bonds is 6. The van der Waals surface area contributed by atoms with E-state index in [9.17, 15) is 19.8 Å². The van der Waals surface area contributed by atoms with Gasteiger partial charge >= 0.3 is 11.9 Å². The number of fused-ring (bicyclic) bond motifs is 2. The first kappa shape index (κ1) is 13.1. The Morgan fingerprint density at radius 3 is 2.67 bits per heavy atom. The highest BCUT2D eigenvalue weighted by atomic mass is 16.4. The Bertz CT molecular complexity index is 389. The fourth-order valence-corrected chi connectivity index (χ4v) is 3.38. The van der Waals surface area contributed by atoms with Crippen LogP contribution in [0.4, 0.5) is 0 Å². The third-order valence-corrected chi connectivity index (χ3v) is 4.18. The highest BCUT2D eigenvalue weighted by Crippen LogP contribution is 2.56. The third-order valence-electron chi connectivity index (χ3n) is 4.18. The lowest BCUT2D eigenvalue weighted by molar-refractivity contribution is -0.145. The molecule has 5 nitrogen and oxygen atoms in total. The van der Waals surface area contributed by atoms with Gasteiger partial charge in [-0.3, -0.25) is 9.59 Å². The maximum atomic E-state index is 11.2. The number of carboxylic acid groups (broad SMARTS) is 2. The molecule has 0 saturated heterocycles. The SMILES string of the molecule is O=C(O)CCC(O)CC12C=CC(CC1C(=O)O)C2. The van der Waals surface area contributed by atoms with Gasteiger partial charge < -0.3 is 15.3 Å². The van der Waals surface area contributed by atoms with E-state index in [1.807, 2.05) is 12.2 Å². The van der Waals surface area contributed by atoms with Gasteiger partial charge in [0.15, 0.2) is 0 Å². The lowest BCUT2D eigenvalue weighted by Gasteiger charge is -2.31. The molecular weight excluding hydrogens is 236 g/mol. The van der Waals surface area contributed by atoms with Crippen molar-refractivity contribution in [3.8, 4) is 0 Å². The molecule has 2 aliphatic rings. The molecule has 4 unspecified atom stereocenters. The predicted octanol–water partition coefficient (Wildman–Crippen LogP) is 1.27. The molecule has 2 aliphatic carbocycles. The van der Waals surface area contributed by atoms with Crippen molar-refractivity contribution in [1.82, 2.24) is 0 Å². The lowest BCUT2D eigenvalue weighted by atomic mass is 9.73. The molecule has 1 saturated carbocycles.